The molecule has 0 saturated heterocycles. The molecule has 9 rings (SSSR count). The number of nitrogens with zero attached hydrogens (tertiary/aromatic N) is 3. The molecular formula is C43H29N3. The highest BCUT2D eigenvalue weighted by molar-refractivity contribution is 6.13. The second-order valence-corrected chi connectivity index (χ2v) is 11.7. The van der Waals surface area contributed by atoms with E-state index in [4.69, 9.17) is 4.98 Å². The molecule has 0 fully saturated rings. The predicted molar refractivity (Wildman–Crippen MR) is 193 cm³/mol. The summed E-state index contributed by atoms with van der Waals surface area (Å²) in [5, 5.41) is 4.92. The predicted octanol–water partition coefficient (Wildman–Crippen LogP) is 12.0. The Morgan fingerprint density at radius 2 is 1.13 bits per heavy atom. The first-order valence-electron chi connectivity index (χ1n) is 15.6. The number of fused-ring (bicyclic) bond motifs is 3. The van der Waals surface area contributed by atoms with Gasteiger partial charge >= 0.3 is 0 Å². The topological polar surface area (TPSA) is 19.4 Å². The number of aromatic nitrogens is 1. The molecule has 0 bridgehead atoms. The van der Waals surface area contributed by atoms with Crippen molar-refractivity contribution in [2.75, 3.05) is 9.80 Å². The Balaban J connectivity index is 1.21. The molecule has 3 heteroatoms. The Morgan fingerprint density at radius 1 is 0.457 bits per heavy atom. The lowest BCUT2D eigenvalue weighted by atomic mass is 9.91. The van der Waals surface area contributed by atoms with Gasteiger partial charge in [-0.1, -0.05) is 115 Å². The first-order valence-corrected chi connectivity index (χ1v) is 15.6. The molecule has 0 unspecified atom stereocenters. The van der Waals surface area contributed by atoms with Crippen LogP contribution in [0.3, 0.4) is 0 Å². The van der Waals surface area contributed by atoms with E-state index in [1.165, 1.54) is 44.0 Å². The molecule has 0 aliphatic carbocycles. The molecule has 2 heterocycles. The average molecular weight is 588 g/mol. The van der Waals surface area contributed by atoms with Crippen LogP contribution in [0, 0.1) is 0 Å². The number of para-hydroxylation sites is 1. The zero-order valence-corrected chi connectivity index (χ0v) is 25.1. The molecule has 0 spiro atoms. The van der Waals surface area contributed by atoms with E-state index in [0.717, 1.165) is 33.9 Å². The fourth-order valence-corrected chi connectivity index (χ4v) is 6.96. The van der Waals surface area contributed by atoms with Crippen LogP contribution in [0.5, 0.6) is 0 Å². The molecule has 7 aromatic carbocycles. The number of anilines is 6. The normalized spacial score (nSPS) is 11.9. The maximum absolute atomic E-state index is 4.72. The summed E-state index contributed by atoms with van der Waals surface area (Å²) < 4.78 is 0. The molecule has 46 heavy (non-hydrogen) atoms. The van der Waals surface area contributed by atoms with Crippen molar-refractivity contribution in [2.24, 2.45) is 0 Å². The molecule has 1 aromatic heterocycles. The second-order valence-electron chi connectivity index (χ2n) is 11.7. The largest absolute Gasteiger partial charge is 0.309 e. The summed E-state index contributed by atoms with van der Waals surface area (Å²) in [6.07, 6.45) is 3.90. The van der Waals surface area contributed by atoms with Gasteiger partial charge in [0.25, 0.3) is 0 Å². The molecule has 0 atom stereocenters. The minimum Gasteiger partial charge on any atom is -0.309 e. The maximum atomic E-state index is 4.72. The summed E-state index contributed by atoms with van der Waals surface area (Å²) >= 11 is 0. The van der Waals surface area contributed by atoms with Crippen LogP contribution in [-0.2, 0) is 0 Å². The van der Waals surface area contributed by atoms with Gasteiger partial charge < -0.3 is 9.80 Å². The zero-order chi connectivity index (χ0) is 30.5. The van der Waals surface area contributed by atoms with E-state index in [1.807, 2.05) is 18.5 Å². The van der Waals surface area contributed by atoms with Gasteiger partial charge in [0.05, 0.1) is 28.9 Å². The Hall–Kier alpha value is -6.19. The van der Waals surface area contributed by atoms with Gasteiger partial charge in [0.1, 0.15) is 0 Å². The summed E-state index contributed by atoms with van der Waals surface area (Å²) in [7, 11) is 0. The van der Waals surface area contributed by atoms with E-state index in [1.54, 1.807) is 0 Å². The van der Waals surface area contributed by atoms with Gasteiger partial charge in [-0.2, -0.15) is 0 Å². The van der Waals surface area contributed by atoms with Gasteiger partial charge in [-0.3, -0.25) is 4.98 Å². The number of hydrogen-bond acceptors (Lipinski definition) is 3. The number of pyridine rings is 1. The van der Waals surface area contributed by atoms with Crippen molar-refractivity contribution in [3.05, 3.63) is 176 Å². The van der Waals surface area contributed by atoms with Gasteiger partial charge in [-0.15, -0.1) is 0 Å². The van der Waals surface area contributed by atoms with Gasteiger partial charge in [-0.05, 0) is 70.4 Å². The first-order chi connectivity index (χ1) is 22.8. The van der Waals surface area contributed by atoms with E-state index in [9.17, 15) is 0 Å². The molecule has 216 valence electrons. The van der Waals surface area contributed by atoms with Crippen LogP contribution in [0.2, 0.25) is 0 Å². The molecule has 1 aliphatic heterocycles. The van der Waals surface area contributed by atoms with Crippen molar-refractivity contribution >= 4 is 55.7 Å². The van der Waals surface area contributed by atoms with Crippen LogP contribution in [0.25, 0.3) is 43.8 Å². The van der Waals surface area contributed by atoms with Crippen LogP contribution in [0.4, 0.5) is 34.1 Å². The van der Waals surface area contributed by atoms with Gasteiger partial charge in [0, 0.05) is 39.5 Å². The van der Waals surface area contributed by atoms with Gasteiger partial charge in [-0.25, -0.2) is 0 Å². The van der Waals surface area contributed by atoms with E-state index < -0.39 is 0 Å². The Morgan fingerprint density at radius 3 is 2.02 bits per heavy atom. The fourth-order valence-electron chi connectivity index (χ4n) is 6.96. The van der Waals surface area contributed by atoms with E-state index >= 15 is 0 Å². The third-order valence-electron chi connectivity index (χ3n) is 9.02. The SMILES string of the molecule is c1ccc(-c2cncc(N(c3ccc(N4c5ccccc5-c5cccc6cccc4c56)cc3)c3cccc4ccccc34)c2)cc1. The zero-order valence-electron chi connectivity index (χ0n) is 25.1. The summed E-state index contributed by atoms with van der Waals surface area (Å²) in [6, 6.07) is 58.6. The van der Waals surface area contributed by atoms with Crippen LogP contribution in [0.1, 0.15) is 0 Å². The van der Waals surface area contributed by atoms with Gasteiger partial charge in [0.15, 0.2) is 0 Å². The maximum Gasteiger partial charge on any atom is 0.0651 e. The lowest BCUT2D eigenvalue weighted by molar-refractivity contribution is 1.23. The smallest absolute Gasteiger partial charge is 0.0651 e. The van der Waals surface area contributed by atoms with E-state index in [0.29, 0.717) is 0 Å². The Bertz CT molecular complexity index is 2370. The van der Waals surface area contributed by atoms with Crippen LogP contribution in [-0.4, -0.2) is 4.98 Å². The number of rotatable bonds is 5. The standard InChI is InChI=1S/C43H29N3/c1-2-11-30(12-3-1)33-27-36(29-44-28-33)45(40-21-9-14-31-13-4-5-17-37(31)40)34-23-25-35(26-24-34)46-41-20-7-6-18-38(41)39-19-8-15-32-16-10-22-42(46)43(32)39/h1-29H. The molecule has 8 aromatic rings. The highest BCUT2D eigenvalue weighted by Crippen LogP contribution is 2.51. The van der Waals surface area contributed by atoms with Gasteiger partial charge in [0.2, 0.25) is 0 Å². The average Bonchev–Trinajstić information content (AvgIpc) is 3.13. The summed E-state index contributed by atoms with van der Waals surface area (Å²) in [4.78, 5) is 9.44. The quantitative estimate of drug-likeness (QED) is 0.200. The molecule has 1 aliphatic rings. The van der Waals surface area contributed by atoms with Crippen LogP contribution in [0.15, 0.2) is 176 Å². The van der Waals surface area contributed by atoms with Crippen molar-refractivity contribution in [2.45, 2.75) is 0 Å². The lowest BCUT2D eigenvalue weighted by Crippen LogP contribution is -2.15. The number of benzene rings is 7. The van der Waals surface area contributed by atoms with Crippen LogP contribution >= 0.6 is 0 Å². The summed E-state index contributed by atoms with van der Waals surface area (Å²) in [6.45, 7) is 0. The molecule has 0 amide bonds. The fraction of sp³-hybridized carbons (Fsp3) is 0. The summed E-state index contributed by atoms with van der Waals surface area (Å²) in [5.41, 5.74) is 11.4. The van der Waals surface area contributed by atoms with Crippen molar-refractivity contribution < 1.29 is 0 Å². The third-order valence-corrected chi connectivity index (χ3v) is 9.02. The molecule has 0 radical (unpaired) electrons. The monoisotopic (exact) mass is 587 g/mol. The number of hydrogen-bond donors (Lipinski definition) is 0. The van der Waals surface area contributed by atoms with E-state index in [2.05, 4.69) is 168 Å². The van der Waals surface area contributed by atoms with Crippen molar-refractivity contribution in [1.82, 2.24) is 4.98 Å². The molecule has 0 N–H and O–H groups in total. The van der Waals surface area contributed by atoms with E-state index in [-0.39, 0.29) is 0 Å². The molecular weight excluding hydrogens is 558 g/mol. The minimum atomic E-state index is 1.01. The Labute approximate surface area is 268 Å². The second kappa shape index (κ2) is 10.8. The van der Waals surface area contributed by atoms with Crippen molar-refractivity contribution in [3.8, 4) is 22.3 Å². The van der Waals surface area contributed by atoms with Crippen molar-refractivity contribution in [3.63, 3.8) is 0 Å². The third kappa shape index (κ3) is 4.25. The highest BCUT2D eigenvalue weighted by atomic mass is 15.2. The highest BCUT2D eigenvalue weighted by Gasteiger charge is 2.26. The minimum absolute atomic E-state index is 1.01. The van der Waals surface area contributed by atoms with Crippen LogP contribution < -0.4 is 9.80 Å². The van der Waals surface area contributed by atoms with Crippen molar-refractivity contribution in [1.29, 1.82) is 0 Å². The molecule has 0 saturated carbocycles. The lowest BCUT2D eigenvalue weighted by Gasteiger charge is -2.34. The molecule has 3 nitrogen and oxygen atoms in total. The Kier molecular flexibility index (Phi) is 6.14. The summed E-state index contributed by atoms with van der Waals surface area (Å²) in [5.74, 6) is 0. The first kappa shape index (κ1) is 26.2.